The lowest BCUT2D eigenvalue weighted by atomic mass is 10.1. The Hall–Kier alpha value is -2.82. The number of aryl methyl sites for hydroxylation is 1. The van der Waals surface area contributed by atoms with Crippen molar-refractivity contribution in [2.45, 2.75) is 26.3 Å². The molecule has 3 rings (SSSR count). The van der Waals surface area contributed by atoms with Crippen LogP contribution in [0.1, 0.15) is 30.5 Å². The zero-order chi connectivity index (χ0) is 19.2. The molecule has 1 aliphatic rings. The van der Waals surface area contributed by atoms with Gasteiger partial charge in [0.05, 0.1) is 12.0 Å². The van der Waals surface area contributed by atoms with Crippen LogP contribution in [0.2, 0.25) is 0 Å². The van der Waals surface area contributed by atoms with Gasteiger partial charge in [-0.15, -0.1) is 0 Å². The second-order valence-electron chi connectivity index (χ2n) is 6.86. The fourth-order valence-electron chi connectivity index (χ4n) is 3.23. The second kappa shape index (κ2) is 8.71. The van der Waals surface area contributed by atoms with E-state index in [0.29, 0.717) is 13.2 Å². The van der Waals surface area contributed by atoms with Crippen molar-refractivity contribution < 1.29 is 19.1 Å². The molecule has 1 aliphatic heterocycles. The van der Waals surface area contributed by atoms with E-state index in [1.54, 1.807) is 4.90 Å². The standard InChI is InChI=1S/C22H25NO4/c1-16-8-10-20(11-9-16)26-12-13-27-22(25)19-14-21(24)23(15-19)17(2)18-6-4-3-5-7-18/h3-11,17,19H,12-15H2,1-2H3/t17-,19+/m0/s1. The smallest absolute Gasteiger partial charge is 0.311 e. The van der Waals surface area contributed by atoms with Crippen LogP contribution < -0.4 is 4.74 Å². The maximum Gasteiger partial charge on any atom is 0.311 e. The van der Waals surface area contributed by atoms with Crippen LogP contribution in [0.4, 0.5) is 0 Å². The van der Waals surface area contributed by atoms with Crippen molar-refractivity contribution in [2.24, 2.45) is 5.92 Å². The summed E-state index contributed by atoms with van der Waals surface area (Å²) >= 11 is 0. The van der Waals surface area contributed by atoms with Crippen molar-refractivity contribution in [3.8, 4) is 5.75 Å². The summed E-state index contributed by atoms with van der Waals surface area (Å²) in [6.07, 6.45) is 0.203. The highest BCUT2D eigenvalue weighted by atomic mass is 16.6. The van der Waals surface area contributed by atoms with Crippen LogP contribution in [0, 0.1) is 12.8 Å². The summed E-state index contributed by atoms with van der Waals surface area (Å²) < 4.78 is 10.9. The molecule has 142 valence electrons. The normalized spacial score (nSPS) is 17.6. The lowest BCUT2D eigenvalue weighted by Gasteiger charge is -2.25. The van der Waals surface area contributed by atoms with Crippen LogP contribution in [-0.4, -0.2) is 36.5 Å². The molecule has 5 nitrogen and oxygen atoms in total. The third-order valence-corrected chi connectivity index (χ3v) is 4.86. The Balaban J connectivity index is 1.45. The highest BCUT2D eigenvalue weighted by molar-refractivity contribution is 5.87. The predicted molar refractivity (Wildman–Crippen MR) is 102 cm³/mol. The topological polar surface area (TPSA) is 55.8 Å². The van der Waals surface area contributed by atoms with E-state index < -0.39 is 5.92 Å². The minimum Gasteiger partial charge on any atom is -0.490 e. The van der Waals surface area contributed by atoms with Gasteiger partial charge in [0.25, 0.3) is 0 Å². The van der Waals surface area contributed by atoms with Gasteiger partial charge in [0.1, 0.15) is 19.0 Å². The summed E-state index contributed by atoms with van der Waals surface area (Å²) in [6, 6.07) is 17.5. The predicted octanol–water partition coefficient (Wildman–Crippen LogP) is 3.53. The zero-order valence-corrected chi connectivity index (χ0v) is 15.8. The van der Waals surface area contributed by atoms with Gasteiger partial charge in [-0.3, -0.25) is 9.59 Å². The SMILES string of the molecule is Cc1ccc(OCCOC(=O)[C@@H]2CC(=O)N([C@@H](C)c3ccccc3)C2)cc1. The number of nitrogens with zero attached hydrogens (tertiary/aromatic N) is 1. The molecule has 0 spiro atoms. The van der Waals surface area contributed by atoms with E-state index in [0.717, 1.165) is 16.9 Å². The zero-order valence-electron chi connectivity index (χ0n) is 15.8. The van der Waals surface area contributed by atoms with Crippen LogP contribution in [0.15, 0.2) is 54.6 Å². The molecule has 1 heterocycles. The molecule has 1 amide bonds. The number of likely N-dealkylation sites (tertiary alicyclic amines) is 1. The van der Waals surface area contributed by atoms with Gasteiger partial charge in [-0.25, -0.2) is 0 Å². The third kappa shape index (κ3) is 4.88. The first-order chi connectivity index (χ1) is 13.0. The summed E-state index contributed by atoms with van der Waals surface area (Å²) in [6.45, 7) is 4.85. The number of rotatable bonds is 7. The average Bonchev–Trinajstić information content (AvgIpc) is 3.08. The second-order valence-corrected chi connectivity index (χ2v) is 6.86. The lowest BCUT2D eigenvalue weighted by Crippen LogP contribution is -2.29. The first-order valence-electron chi connectivity index (χ1n) is 9.25. The molecule has 0 saturated carbocycles. The van der Waals surface area contributed by atoms with Crippen molar-refractivity contribution in [1.29, 1.82) is 0 Å². The van der Waals surface area contributed by atoms with Crippen molar-refractivity contribution in [1.82, 2.24) is 4.90 Å². The van der Waals surface area contributed by atoms with E-state index in [-0.39, 0.29) is 30.9 Å². The number of hydrogen-bond acceptors (Lipinski definition) is 4. The molecule has 0 radical (unpaired) electrons. The number of carbonyl (C=O) groups excluding carboxylic acids is 2. The molecule has 2 aromatic rings. The quantitative estimate of drug-likeness (QED) is 0.555. The number of esters is 1. The molecule has 2 atom stereocenters. The van der Waals surface area contributed by atoms with Crippen LogP contribution in [0.3, 0.4) is 0 Å². The molecule has 27 heavy (non-hydrogen) atoms. The molecule has 0 aliphatic carbocycles. The fraction of sp³-hybridized carbons (Fsp3) is 0.364. The van der Waals surface area contributed by atoms with Gasteiger partial charge in [0.2, 0.25) is 5.91 Å². The lowest BCUT2D eigenvalue weighted by molar-refractivity contribution is -0.149. The largest absolute Gasteiger partial charge is 0.490 e. The van der Waals surface area contributed by atoms with Crippen molar-refractivity contribution in [3.63, 3.8) is 0 Å². The first-order valence-corrected chi connectivity index (χ1v) is 9.25. The fourth-order valence-corrected chi connectivity index (χ4v) is 3.23. The Morgan fingerprint density at radius 3 is 2.52 bits per heavy atom. The summed E-state index contributed by atoms with van der Waals surface area (Å²) in [5.41, 5.74) is 2.22. The average molecular weight is 367 g/mol. The summed E-state index contributed by atoms with van der Waals surface area (Å²) in [4.78, 5) is 26.4. The number of ether oxygens (including phenoxy) is 2. The Morgan fingerprint density at radius 1 is 1.11 bits per heavy atom. The van der Waals surface area contributed by atoms with E-state index in [4.69, 9.17) is 9.47 Å². The molecule has 1 fully saturated rings. The van der Waals surface area contributed by atoms with E-state index in [1.165, 1.54) is 0 Å². The number of amides is 1. The Bertz CT molecular complexity index is 773. The van der Waals surface area contributed by atoms with Gasteiger partial charge in [0, 0.05) is 13.0 Å². The molecule has 5 heteroatoms. The molecular formula is C22H25NO4. The first kappa shape index (κ1) is 19.0. The van der Waals surface area contributed by atoms with Gasteiger partial charge in [-0.1, -0.05) is 48.0 Å². The minimum absolute atomic E-state index is 0.00999. The van der Waals surface area contributed by atoms with Crippen LogP contribution in [0.25, 0.3) is 0 Å². The monoisotopic (exact) mass is 367 g/mol. The Kier molecular flexibility index (Phi) is 6.12. The van der Waals surface area contributed by atoms with Gasteiger partial charge in [-0.05, 0) is 31.5 Å². The van der Waals surface area contributed by atoms with Crippen molar-refractivity contribution >= 4 is 11.9 Å². The number of carbonyl (C=O) groups is 2. The minimum atomic E-state index is -0.414. The van der Waals surface area contributed by atoms with Gasteiger partial charge in [-0.2, -0.15) is 0 Å². The van der Waals surface area contributed by atoms with E-state index in [9.17, 15) is 9.59 Å². The maximum atomic E-state index is 12.3. The molecule has 0 bridgehead atoms. The molecule has 2 aromatic carbocycles. The van der Waals surface area contributed by atoms with Gasteiger partial charge < -0.3 is 14.4 Å². The van der Waals surface area contributed by atoms with Crippen LogP contribution >= 0.6 is 0 Å². The van der Waals surface area contributed by atoms with Crippen LogP contribution in [0.5, 0.6) is 5.75 Å². The van der Waals surface area contributed by atoms with Crippen molar-refractivity contribution in [3.05, 3.63) is 65.7 Å². The number of benzene rings is 2. The van der Waals surface area contributed by atoms with E-state index in [1.807, 2.05) is 68.4 Å². The maximum absolute atomic E-state index is 12.3. The summed E-state index contributed by atoms with van der Waals surface area (Å²) in [5, 5.41) is 0. The van der Waals surface area contributed by atoms with Crippen LogP contribution in [-0.2, 0) is 14.3 Å². The molecular weight excluding hydrogens is 342 g/mol. The molecule has 0 unspecified atom stereocenters. The Morgan fingerprint density at radius 2 is 1.81 bits per heavy atom. The summed E-state index contributed by atoms with van der Waals surface area (Å²) in [7, 11) is 0. The third-order valence-electron chi connectivity index (χ3n) is 4.86. The highest BCUT2D eigenvalue weighted by Crippen LogP contribution is 2.28. The molecule has 1 saturated heterocycles. The summed E-state index contributed by atoms with van der Waals surface area (Å²) in [5.74, 6) is -0.0126. The van der Waals surface area contributed by atoms with Gasteiger partial charge >= 0.3 is 5.97 Å². The molecule has 0 aromatic heterocycles. The van der Waals surface area contributed by atoms with E-state index >= 15 is 0 Å². The van der Waals surface area contributed by atoms with Gasteiger partial charge in [0.15, 0.2) is 0 Å². The van der Waals surface area contributed by atoms with E-state index in [2.05, 4.69) is 0 Å². The number of hydrogen-bond donors (Lipinski definition) is 0. The van der Waals surface area contributed by atoms with Crippen molar-refractivity contribution in [2.75, 3.05) is 19.8 Å². The highest BCUT2D eigenvalue weighted by Gasteiger charge is 2.37. The molecule has 0 N–H and O–H groups in total. The Labute approximate surface area is 159 Å².